The molecule has 0 saturated carbocycles. The third kappa shape index (κ3) is 3.90. The zero-order valence-electron chi connectivity index (χ0n) is 15.5. The molecule has 3 aromatic heterocycles. The first-order valence-corrected chi connectivity index (χ1v) is 9.14. The van der Waals surface area contributed by atoms with Crippen LogP contribution >= 0.6 is 11.3 Å². The Hall–Kier alpha value is -3.00. The fraction of sp³-hybridized carbons (Fsp3) is 0.263. The standard InChI is InChI=1S/C19H19N3O4S/c1-11-9-17(14(4)27-11)18(23)8-7-15-5-6-16(26-15)10-21-13(3)19(22(24)25)12(2)20-21/h5-9H,10H2,1-4H3/b8-7+. The number of allylic oxidation sites excluding steroid dienone is 1. The molecule has 0 unspecified atom stereocenters. The summed E-state index contributed by atoms with van der Waals surface area (Å²) in [7, 11) is 0. The van der Waals surface area contributed by atoms with Crippen LogP contribution in [0.1, 0.15) is 43.0 Å². The highest BCUT2D eigenvalue weighted by molar-refractivity contribution is 7.12. The highest BCUT2D eigenvalue weighted by atomic mass is 32.1. The maximum absolute atomic E-state index is 12.3. The predicted molar refractivity (Wildman–Crippen MR) is 103 cm³/mol. The molecular weight excluding hydrogens is 366 g/mol. The van der Waals surface area contributed by atoms with Crippen molar-refractivity contribution in [2.24, 2.45) is 0 Å². The van der Waals surface area contributed by atoms with E-state index in [4.69, 9.17) is 4.42 Å². The van der Waals surface area contributed by atoms with Crippen molar-refractivity contribution in [3.8, 4) is 0 Å². The molecule has 3 heterocycles. The molecule has 0 atom stereocenters. The molecule has 8 heteroatoms. The van der Waals surface area contributed by atoms with Crippen molar-refractivity contribution in [3.63, 3.8) is 0 Å². The number of aromatic nitrogens is 2. The van der Waals surface area contributed by atoms with Crippen molar-refractivity contribution >= 4 is 28.9 Å². The summed E-state index contributed by atoms with van der Waals surface area (Å²) in [5.74, 6) is 1.08. The minimum atomic E-state index is -0.426. The van der Waals surface area contributed by atoms with Gasteiger partial charge in [-0.25, -0.2) is 0 Å². The van der Waals surface area contributed by atoms with Gasteiger partial charge in [-0.05, 0) is 58.0 Å². The molecule has 0 aliphatic rings. The molecule has 7 nitrogen and oxygen atoms in total. The van der Waals surface area contributed by atoms with E-state index < -0.39 is 4.92 Å². The van der Waals surface area contributed by atoms with Gasteiger partial charge in [0.05, 0.1) is 11.5 Å². The molecule has 0 aliphatic heterocycles. The summed E-state index contributed by atoms with van der Waals surface area (Å²) in [5, 5.41) is 15.3. The Labute approximate surface area is 160 Å². The number of hydrogen-bond acceptors (Lipinski definition) is 6. The fourth-order valence-corrected chi connectivity index (χ4v) is 3.87. The topological polar surface area (TPSA) is 91.2 Å². The molecule has 0 bridgehead atoms. The summed E-state index contributed by atoms with van der Waals surface area (Å²) in [5.41, 5.74) is 1.57. The van der Waals surface area contributed by atoms with Crippen molar-refractivity contribution in [1.82, 2.24) is 9.78 Å². The Balaban J connectivity index is 1.74. The van der Waals surface area contributed by atoms with Gasteiger partial charge in [-0.1, -0.05) is 0 Å². The van der Waals surface area contributed by atoms with Gasteiger partial charge in [0, 0.05) is 15.3 Å². The van der Waals surface area contributed by atoms with Crippen LogP contribution in [-0.2, 0) is 6.54 Å². The van der Waals surface area contributed by atoms with E-state index in [2.05, 4.69) is 5.10 Å². The van der Waals surface area contributed by atoms with E-state index in [9.17, 15) is 14.9 Å². The van der Waals surface area contributed by atoms with E-state index >= 15 is 0 Å². The minimum absolute atomic E-state index is 0.0219. The van der Waals surface area contributed by atoms with Crippen LogP contribution in [0.2, 0.25) is 0 Å². The van der Waals surface area contributed by atoms with Gasteiger partial charge in [-0.3, -0.25) is 19.6 Å². The number of carbonyl (C=O) groups is 1. The van der Waals surface area contributed by atoms with Gasteiger partial charge in [0.15, 0.2) is 5.78 Å². The lowest BCUT2D eigenvalue weighted by atomic mass is 10.1. The quantitative estimate of drug-likeness (QED) is 0.267. The third-order valence-corrected chi connectivity index (χ3v) is 5.19. The molecular formula is C19H19N3O4S. The van der Waals surface area contributed by atoms with E-state index in [1.54, 1.807) is 48.1 Å². The number of nitrogens with zero attached hydrogens (tertiary/aromatic N) is 3. The number of ketones is 1. The summed E-state index contributed by atoms with van der Waals surface area (Å²) in [6.07, 6.45) is 3.12. The number of carbonyl (C=O) groups excluding carboxylic acids is 1. The largest absolute Gasteiger partial charge is 0.460 e. The van der Waals surface area contributed by atoms with Crippen molar-refractivity contribution in [1.29, 1.82) is 0 Å². The second-order valence-corrected chi connectivity index (χ2v) is 7.72. The Morgan fingerprint density at radius 2 is 2.07 bits per heavy atom. The van der Waals surface area contributed by atoms with Gasteiger partial charge in [-0.2, -0.15) is 5.10 Å². The molecule has 0 aromatic carbocycles. The molecule has 3 aromatic rings. The Morgan fingerprint density at radius 3 is 2.67 bits per heavy atom. The van der Waals surface area contributed by atoms with Crippen molar-refractivity contribution < 1.29 is 14.1 Å². The second kappa shape index (κ2) is 7.32. The Morgan fingerprint density at radius 1 is 1.33 bits per heavy atom. The number of aryl methyl sites for hydroxylation is 3. The second-order valence-electron chi connectivity index (χ2n) is 6.26. The summed E-state index contributed by atoms with van der Waals surface area (Å²) >= 11 is 1.60. The van der Waals surface area contributed by atoms with Crippen molar-refractivity contribution in [2.75, 3.05) is 0 Å². The summed E-state index contributed by atoms with van der Waals surface area (Å²) in [6, 6.07) is 5.41. The fourth-order valence-electron chi connectivity index (χ4n) is 2.95. The van der Waals surface area contributed by atoms with Gasteiger partial charge < -0.3 is 4.42 Å². The van der Waals surface area contributed by atoms with Crippen LogP contribution in [0.15, 0.2) is 28.7 Å². The lowest BCUT2D eigenvalue weighted by Crippen LogP contribution is -2.03. The van der Waals surface area contributed by atoms with Gasteiger partial charge in [0.1, 0.15) is 22.9 Å². The van der Waals surface area contributed by atoms with Crippen LogP contribution in [0.4, 0.5) is 5.69 Å². The average Bonchev–Trinajstić information content (AvgIpc) is 3.24. The molecule has 140 valence electrons. The molecule has 0 saturated heterocycles. The van der Waals surface area contributed by atoms with Gasteiger partial charge in [-0.15, -0.1) is 11.3 Å². The highest BCUT2D eigenvalue weighted by Gasteiger charge is 2.22. The molecule has 0 N–H and O–H groups in total. The van der Waals surface area contributed by atoms with E-state index in [-0.39, 0.29) is 18.0 Å². The lowest BCUT2D eigenvalue weighted by molar-refractivity contribution is -0.386. The van der Waals surface area contributed by atoms with Gasteiger partial charge >= 0.3 is 5.69 Å². The van der Waals surface area contributed by atoms with Gasteiger partial charge in [0.25, 0.3) is 0 Å². The predicted octanol–water partition coefficient (Wildman–Crippen LogP) is 4.62. The highest BCUT2D eigenvalue weighted by Crippen LogP contribution is 2.24. The van der Waals surface area contributed by atoms with E-state index in [0.717, 1.165) is 9.75 Å². The third-order valence-electron chi connectivity index (χ3n) is 4.22. The van der Waals surface area contributed by atoms with Crippen LogP contribution in [0, 0.1) is 37.8 Å². The number of thiophene rings is 1. The number of hydrogen-bond donors (Lipinski definition) is 0. The van der Waals surface area contributed by atoms with Gasteiger partial charge in [0.2, 0.25) is 0 Å². The number of nitro groups is 1. The summed E-state index contributed by atoms with van der Waals surface area (Å²) in [4.78, 5) is 25.1. The summed E-state index contributed by atoms with van der Waals surface area (Å²) in [6.45, 7) is 7.45. The van der Waals surface area contributed by atoms with Crippen LogP contribution in [-0.4, -0.2) is 20.5 Å². The molecule has 0 aliphatic carbocycles. The smallest absolute Gasteiger partial charge is 0.312 e. The maximum atomic E-state index is 12.3. The molecule has 0 amide bonds. The first-order chi connectivity index (χ1) is 12.8. The average molecular weight is 385 g/mol. The maximum Gasteiger partial charge on any atom is 0.312 e. The lowest BCUT2D eigenvalue weighted by Gasteiger charge is -2.00. The Bertz CT molecular complexity index is 1060. The molecule has 0 spiro atoms. The molecule has 0 fully saturated rings. The minimum Gasteiger partial charge on any atom is -0.460 e. The van der Waals surface area contributed by atoms with E-state index in [1.165, 1.54) is 6.08 Å². The molecule has 0 radical (unpaired) electrons. The van der Waals surface area contributed by atoms with E-state index in [1.807, 2.05) is 19.9 Å². The van der Waals surface area contributed by atoms with Crippen LogP contribution in [0.5, 0.6) is 0 Å². The molecule has 3 rings (SSSR count). The first kappa shape index (κ1) is 18.8. The summed E-state index contributed by atoms with van der Waals surface area (Å²) < 4.78 is 7.25. The van der Waals surface area contributed by atoms with Crippen LogP contribution < -0.4 is 0 Å². The van der Waals surface area contributed by atoms with E-state index in [0.29, 0.717) is 28.5 Å². The molecule has 27 heavy (non-hydrogen) atoms. The van der Waals surface area contributed by atoms with Crippen LogP contribution in [0.3, 0.4) is 0 Å². The SMILES string of the molecule is Cc1cc(C(=O)/C=C/c2ccc(Cn3nc(C)c([N+](=O)[O-])c3C)o2)c(C)s1. The number of furan rings is 1. The van der Waals surface area contributed by atoms with Crippen molar-refractivity contribution in [3.05, 3.63) is 72.6 Å². The Kier molecular flexibility index (Phi) is 5.09. The zero-order valence-corrected chi connectivity index (χ0v) is 16.3. The van der Waals surface area contributed by atoms with Crippen molar-refractivity contribution in [2.45, 2.75) is 34.2 Å². The first-order valence-electron chi connectivity index (χ1n) is 8.33. The van der Waals surface area contributed by atoms with Crippen LogP contribution in [0.25, 0.3) is 6.08 Å². The zero-order chi connectivity index (χ0) is 19.7. The number of rotatable bonds is 6. The monoisotopic (exact) mass is 385 g/mol. The normalized spacial score (nSPS) is 11.4.